The van der Waals surface area contributed by atoms with Crippen LogP contribution in [-0.4, -0.2) is 33.4 Å². The Balaban J connectivity index is 1.71. The van der Waals surface area contributed by atoms with E-state index in [1.807, 2.05) is 12.1 Å². The molecule has 196 valence electrons. The molecule has 0 amide bonds. The number of carbonyl (C=O) groups excluding carboxylic acids is 3. The molecule has 38 heavy (non-hydrogen) atoms. The first kappa shape index (κ1) is 26.7. The summed E-state index contributed by atoms with van der Waals surface area (Å²) in [5.74, 6) is -6.44. The highest BCUT2D eigenvalue weighted by Gasteiger charge is 2.57. The maximum Gasteiger partial charge on any atom is 0.317 e. The summed E-state index contributed by atoms with van der Waals surface area (Å²) in [4.78, 5) is 50.9. The third-order valence-corrected chi connectivity index (χ3v) is 6.69. The van der Waals surface area contributed by atoms with Gasteiger partial charge in [0.05, 0.1) is 16.4 Å². The molecule has 0 saturated heterocycles. The van der Waals surface area contributed by atoms with Crippen LogP contribution in [0.2, 0.25) is 0 Å². The van der Waals surface area contributed by atoms with Crippen molar-refractivity contribution in [3.05, 3.63) is 112 Å². The molecule has 1 fully saturated rings. The summed E-state index contributed by atoms with van der Waals surface area (Å²) < 4.78 is 11.0. The largest absolute Gasteiger partial charge is 0.461 e. The Morgan fingerprint density at radius 2 is 1.47 bits per heavy atom. The zero-order chi connectivity index (χ0) is 27.3. The lowest BCUT2D eigenvalue weighted by atomic mass is 9.61. The quantitative estimate of drug-likeness (QED) is 0.204. The normalized spacial score (nSPS) is 22.9. The SMILES string of the molecule is C[C@]1(O)CC(=O)[C@H](C(=O)OCc2ccccc2)[C@@H](c2cccc([N+](=O)[O-])c2)[C@H]1C(=O)OCc1ccccc1. The van der Waals surface area contributed by atoms with Gasteiger partial charge in [0.2, 0.25) is 0 Å². The fourth-order valence-corrected chi connectivity index (χ4v) is 4.90. The first-order valence-electron chi connectivity index (χ1n) is 12.1. The molecule has 9 nitrogen and oxygen atoms in total. The van der Waals surface area contributed by atoms with Crippen LogP contribution in [0.3, 0.4) is 0 Å². The minimum absolute atomic E-state index is 0.0923. The molecule has 0 unspecified atom stereocenters. The van der Waals surface area contributed by atoms with Gasteiger partial charge in [-0.2, -0.15) is 0 Å². The van der Waals surface area contributed by atoms with Crippen LogP contribution in [0, 0.1) is 22.0 Å². The van der Waals surface area contributed by atoms with Crippen LogP contribution in [0.4, 0.5) is 5.69 Å². The molecule has 1 aliphatic rings. The molecule has 9 heteroatoms. The Kier molecular flexibility index (Phi) is 7.97. The topological polar surface area (TPSA) is 133 Å². The number of non-ortho nitro benzene ring substituents is 1. The van der Waals surface area contributed by atoms with Crippen LogP contribution in [0.5, 0.6) is 0 Å². The van der Waals surface area contributed by atoms with Crippen LogP contribution in [-0.2, 0) is 37.1 Å². The van der Waals surface area contributed by atoms with E-state index in [4.69, 9.17) is 9.47 Å². The minimum atomic E-state index is -1.88. The first-order valence-corrected chi connectivity index (χ1v) is 12.1. The number of rotatable bonds is 8. The van der Waals surface area contributed by atoms with Crippen molar-refractivity contribution < 1.29 is 33.9 Å². The zero-order valence-corrected chi connectivity index (χ0v) is 20.7. The van der Waals surface area contributed by atoms with Gasteiger partial charge in [-0.1, -0.05) is 72.8 Å². The highest BCUT2D eigenvalue weighted by Crippen LogP contribution is 2.47. The van der Waals surface area contributed by atoms with Crippen molar-refractivity contribution in [3.63, 3.8) is 0 Å². The maximum atomic E-state index is 13.5. The zero-order valence-electron chi connectivity index (χ0n) is 20.7. The van der Waals surface area contributed by atoms with E-state index in [1.54, 1.807) is 48.5 Å². The fraction of sp³-hybridized carbons (Fsp3) is 0.276. The number of aliphatic hydroxyl groups is 1. The van der Waals surface area contributed by atoms with Gasteiger partial charge in [0.1, 0.15) is 19.1 Å². The van der Waals surface area contributed by atoms with Gasteiger partial charge in [0.25, 0.3) is 5.69 Å². The lowest BCUT2D eigenvalue weighted by Crippen LogP contribution is -2.55. The lowest BCUT2D eigenvalue weighted by molar-refractivity contribution is -0.385. The monoisotopic (exact) mass is 517 g/mol. The molecule has 0 bridgehead atoms. The molecule has 0 aliphatic heterocycles. The van der Waals surface area contributed by atoms with E-state index in [2.05, 4.69) is 0 Å². The minimum Gasteiger partial charge on any atom is -0.461 e. The van der Waals surface area contributed by atoms with E-state index in [0.29, 0.717) is 11.1 Å². The highest BCUT2D eigenvalue weighted by atomic mass is 16.6. The van der Waals surface area contributed by atoms with E-state index < -0.39 is 52.4 Å². The average Bonchev–Trinajstić information content (AvgIpc) is 2.90. The predicted molar refractivity (Wildman–Crippen MR) is 136 cm³/mol. The number of hydrogen-bond acceptors (Lipinski definition) is 8. The molecule has 0 heterocycles. The van der Waals surface area contributed by atoms with Crippen molar-refractivity contribution in [2.75, 3.05) is 0 Å². The summed E-state index contributed by atoms with van der Waals surface area (Å²) in [7, 11) is 0. The second kappa shape index (κ2) is 11.4. The van der Waals surface area contributed by atoms with E-state index in [-0.39, 0.29) is 24.5 Å². The van der Waals surface area contributed by atoms with E-state index in [1.165, 1.54) is 31.2 Å². The number of hydrogen-bond donors (Lipinski definition) is 1. The number of ketones is 1. The molecular weight excluding hydrogens is 490 g/mol. The second-order valence-corrected chi connectivity index (χ2v) is 9.52. The molecule has 1 aliphatic carbocycles. The Hall–Kier alpha value is -4.37. The van der Waals surface area contributed by atoms with Gasteiger partial charge in [0, 0.05) is 24.5 Å². The smallest absolute Gasteiger partial charge is 0.317 e. The van der Waals surface area contributed by atoms with Gasteiger partial charge in [-0.05, 0) is 23.6 Å². The Bertz CT molecular complexity index is 1320. The number of esters is 2. The van der Waals surface area contributed by atoms with Crippen molar-refractivity contribution in [3.8, 4) is 0 Å². The molecule has 0 radical (unpaired) electrons. The molecule has 3 aromatic carbocycles. The standard InChI is InChI=1S/C29H27NO8/c1-29(34)16-23(31)25(27(32)37-17-19-9-4-2-5-10-19)24(21-13-8-14-22(15-21)30(35)36)26(29)28(33)38-18-20-11-6-3-7-12-20/h2-15,24-26,34H,16-18H2,1H3/t24-,25+,26+,29+/m1/s1. The van der Waals surface area contributed by atoms with Crippen molar-refractivity contribution in [2.45, 2.75) is 38.1 Å². The third-order valence-electron chi connectivity index (χ3n) is 6.69. The van der Waals surface area contributed by atoms with Gasteiger partial charge < -0.3 is 14.6 Å². The Morgan fingerprint density at radius 3 is 2.03 bits per heavy atom. The van der Waals surface area contributed by atoms with Gasteiger partial charge >= 0.3 is 11.9 Å². The summed E-state index contributed by atoms with van der Waals surface area (Å²) in [6.45, 7) is 1.13. The predicted octanol–water partition coefficient (Wildman–Crippen LogP) is 4.12. The molecule has 0 spiro atoms. The van der Waals surface area contributed by atoms with Crippen LogP contribution in [0.15, 0.2) is 84.9 Å². The molecule has 1 N–H and O–H groups in total. The van der Waals surface area contributed by atoms with Gasteiger partial charge in [0.15, 0.2) is 5.78 Å². The van der Waals surface area contributed by atoms with Crippen LogP contribution in [0.1, 0.15) is 36.0 Å². The fourth-order valence-electron chi connectivity index (χ4n) is 4.90. The second-order valence-electron chi connectivity index (χ2n) is 9.52. The third kappa shape index (κ3) is 5.95. The summed E-state index contributed by atoms with van der Waals surface area (Å²) in [6.07, 6.45) is -0.491. The number of Topliss-reactive ketones (excluding diaryl/α,β-unsaturated/α-hetero) is 1. The lowest BCUT2D eigenvalue weighted by Gasteiger charge is -2.43. The molecule has 1 saturated carbocycles. The van der Waals surface area contributed by atoms with Gasteiger partial charge in [-0.3, -0.25) is 24.5 Å². The first-order chi connectivity index (χ1) is 18.2. The van der Waals surface area contributed by atoms with E-state index >= 15 is 0 Å². The number of nitro benzene ring substituents is 1. The number of nitrogens with zero attached hydrogens (tertiary/aromatic N) is 1. The molecule has 0 aromatic heterocycles. The van der Waals surface area contributed by atoms with Crippen molar-refractivity contribution >= 4 is 23.4 Å². The summed E-state index contributed by atoms with van der Waals surface area (Å²) in [5, 5.41) is 22.8. The Morgan fingerprint density at radius 1 is 0.921 bits per heavy atom. The van der Waals surface area contributed by atoms with Gasteiger partial charge in [-0.15, -0.1) is 0 Å². The Labute approximate surface area is 219 Å². The number of benzene rings is 3. The average molecular weight is 518 g/mol. The van der Waals surface area contributed by atoms with Crippen LogP contribution < -0.4 is 0 Å². The van der Waals surface area contributed by atoms with Crippen molar-refractivity contribution in [1.82, 2.24) is 0 Å². The molecule has 4 atom stereocenters. The van der Waals surface area contributed by atoms with Crippen molar-refractivity contribution in [1.29, 1.82) is 0 Å². The maximum absolute atomic E-state index is 13.5. The summed E-state index contributed by atoms with van der Waals surface area (Å²) in [6, 6.07) is 23.1. The van der Waals surface area contributed by atoms with Gasteiger partial charge in [-0.25, -0.2) is 0 Å². The van der Waals surface area contributed by atoms with Crippen molar-refractivity contribution in [2.24, 2.45) is 11.8 Å². The van der Waals surface area contributed by atoms with Crippen LogP contribution in [0.25, 0.3) is 0 Å². The highest BCUT2D eigenvalue weighted by molar-refractivity contribution is 6.02. The molecule has 4 rings (SSSR count). The van der Waals surface area contributed by atoms with E-state index in [9.17, 15) is 29.6 Å². The van der Waals surface area contributed by atoms with E-state index in [0.717, 1.165) is 0 Å². The summed E-state index contributed by atoms with van der Waals surface area (Å²) in [5.41, 5.74) is -0.583. The number of ether oxygens (including phenoxy) is 2. The molecular formula is C29H27NO8. The molecule has 3 aromatic rings. The number of carbonyl (C=O) groups is 3. The van der Waals surface area contributed by atoms with Crippen LogP contribution >= 0.6 is 0 Å². The summed E-state index contributed by atoms with van der Waals surface area (Å²) >= 11 is 0. The number of nitro groups is 1.